The van der Waals surface area contributed by atoms with Crippen LogP contribution in [0.5, 0.6) is 0 Å². The summed E-state index contributed by atoms with van der Waals surface area (Å²) in [5.74, 6) is -0.222. The third-order valence-electron chi connectivity index (χ3n) is 2.67. The molecule has 2 N–H and O–H groups in total. The average Bonchev–Trinajstić information content (AvgIpc) is 2.89. The second kappa shape index (κ2) is 6.15. The number of carbonyl (C=O) groups is 1. The van der Waals surface area contributed by atoms with Gasteiger partial charge in [-0.25, -0.2) is 4.98 Å². The van der Waals surface area contributed by atoms with E-state index in [1.54, 1.807) is 24.4 Å². The van der Waals surface area contributed by atoms with Crippen LogP contribution in [0.1, 0.15) is 28.5 Å². The Morgan fingerprint density at radius 3 is 2.90 bits per heavy atom. The van der Waals surface area contributed by atoms with Gasteiger partial charge in [-0.1, -0.05) is 21.1 Å². The van der Waals surface area contributed by atoms with E-state index in [0.717, 1.165) is 10.0 Å². The summed E-state index contributed by atoms with van der Waals surface area (Å²) in [6.07, 6.45) is 0. The van der Waals surface area contributed by atoms with E-state index in [1.807, 2.05) is 13.0 Å². The van der Waals surface area contributed by atoms with Crippen molar-refractivity contribution < 1.29 is 10.0 Å². The quantitative estimate of drug-likeness (QED) is 0.502. The molecule has 0 radical (unpaired) electrons. The van der Waals surface area contributed by atoms with Crippen molar-refractivity contribution in [1.29, 1.82) is 0 Å². The third-order valence-corrected chi connectivity index (χ3v) is 4.31. The molecule has 0 aliphatic rings. The molecular weight excluding hydrogens is 342 g/mol. The first kappa shape index (κ1) is 14.7. The van der Waals surface area contributed by atoms with E-state index < -0.39 is 0 Å². The Hall–Kier alpha value is -1.73. The van der Waals surface area contributed by atoms with Gasteiger partial charge in [-0.15, -0.1) is 11.3 Å². The smallest absolute Gasteiger partial charge is 0.257 e. The molecule has 0 fully saturated rings. The van der Waals surface area contributed by atoms with Crippen LogP contribution in [0.15, 0.2) is 33.2 Å². The summed E-state index contributed by atoms with van der Waals surface area (Å²) in [5, 5.41) is 16.7. The summed E-state index contributed by atoms with van der Waals surface area (Å²) in [5.41, 5.74) is 2.50. The highest BCUT2D eigenvalue weighted by molar-refractivity contribution is 9.10. The highest BCUT2D eigenvalue weighted by Gasteiger charge is 2.11. The summed E-state index contributed by atoms with van der Waals surface area (Å²) in [6, 6.07) is 5.37. The normalized spacial score (nSPS) is 11.4. The first-order valence-corrected chi connectivity index (χ1v) is 7.40. The van der Waals surface area contributed by atoms with Gasteiger partial charge in [0.25, 0.3) is 5.91 Å². The third kappa shape index (κ3) is 3.23. The second-order valence-electron chi connectivity index (χ2n) is 4.14. The molecule has 20 heavy (non-hydrogen) atoms. The number of oxime groups is 1. The molecule has 0 saturated heterocycles. The summed E-state index contributed by atoms with van der Waals surface area (Å²) >= 11 is 4.67. The number of hydrogen-bond acceptors (Lipinski definition) is 5. The molecule has 0 spiro atoms. The van der Waals surface area contributed by atoms with Gasteiger partial charge in [0.2, 0.25) is 0 Å². The fourth-order valence-corrected chi connectivity index (χ4v) is 2.50. The molecule has 1 aromatic heterocycles. The lowest BCUT2D eigenvalue weighted by Crippen LogP contribution is -2.12. The van der Waals surface area contributed by atoms with Crippen molar-refractivity contribution in [3.05, 3.63) is 44.9 Å². The van der Waals surface area contributed by atoms with E-state index in [0.29, 0.717) is 22.1 Å². The zero-order valence-electron chi connectivity index (χ0n) is 10.8. The summed E-state index contributed by atoms with van der Waals surface area (Å²) in [7, 11) is 0. The molecule has 0 bridgehead atoms. The number of thiazole rings is 1. The van der Waals surface area contributed by atoms with Gasteiger partial charge in [-0.05, 0) is 37.6 Å². The zero-order valence-corrected chi connectivity index (χ0v) is 13.2. The number of aromatic nitrogens is 1. The minimum atomic E-state index is -0.222. The van der Waals surface area contributed by atoms with Gasteiger partial charge >= 0.3 is 0 Å². The Labute approximate surface area is 128 Å². The van der Waals surface area contributed by atoms with E-state index in [9.17, 15) is 4.79 Å². The number of rotatable bonds is 3. The van der Waals surface area contributed by atoms with Crippen LogP contribution in [-0.4, -0.2) is 21.8 Å². The van der Waals surface area contributed by atoms with Crippen molar-refractivity contribution in [2.45, 2.75) is 13.8 Å². The highest BCUT2D eigenvalue weighted by atomic mass is 79.9. The van der Waals surface area contributed by atoms with E-state index in [2.05, 4.69) is 31.4 Å². The van der Waals surface area contributed by atoms with Crippen LogP contribution in [0.3, 0.4) is 0 Å². The van der Waals surface area contributed by atoms with Gasteiger partial charge < -0.3 is 5.21 Å². The molecule has 7 heteroatoms. The summed E-state index contributed by atoms with van der Waals surface area (Å²) in [6.45, 7) is 3.56. The maximum absolute atomic E-state index is 12.1. The molecular formula is C13H12BrN3O2S. The molecule has 0 unspecified atom stereocenters. The first-order valence-electron chi connectivity index (χ1n) is 5.73. The molecule has 0 saturated carbocycles. The Morgan fingerprint density at radius 1 is 1.50 bits per heavy atom. The first-order chi connectivity index (χ1) is 9.51. The van der Waals surface area contributed by atoms with Gasteiger partial charge in [-0.3, -0.25) is 10.1 Å². The average molecular weight is 354 g/mol. The number of carbonyl (C=O) groups excluding carboxylic acids is 1. The standard InChI is InChI=1S/C13H12BrN3O2S/c1-7-5-9(3-4-10(7)14)12(18)16-13-15-11(6-20-13)8(2)17-19/h3-6,19H,1-2H3,(H,15,16,18)/b17-8-. The molecule has 5 nitrogen and oxygen atoms in total. The van der Waals surface area contributed by atoms with Crippen molar-refractivity contribution in [1.82, 2.24) is 4.98 Å². The molecule has 1 heterocycles. The Morgan fingerprint density at radius 2 is 2.25 bits per heavy atom. The van der Waals surface area contributed by atoms with Gasteiger partial charge in [-0.2, -0.15) is 0 Å². The molecule has 0 aliphatic carbocycles. The second-order valence-corrected chi connectivity index (χ2v) is 5.85. The van der Waals surface area contributed by atoms with Crippen molar-refractivity contribution >= 4 is 44.0 Å². The monoisotopic (exact) mass is 353 g/mol. The summed E-state index contributed by atoms with van der Waals surface area (Å²) in [4.78, 5) is 16.3. The van der Waals surface area contributed by atoms with Crippen LogP contribution < -0.4 is 5.32 Å². The largest absolute Gasteiger partial charge is 0.411 e. The molecule has 2 aromatic rings. The molecule has 1 aromatic carbocycles. The SMILES string of the molecule is C/C(=N/O)c1csc(NC(=O)c2ccc(Br)c(C)c2)n1. The molecule has 0 atom stereocenters. The Kier molecular flexibility index (Phi) is 4.51. The van der Waals surface area contributed by atoms with Crippen molar-refractivity contribution in [3.8, 4) is 0 Å². The molecule has 0 aliphatic heterocycles. The number of aryl methyl sites for hydroxylation is 1. The predicted octanol–water partition coefficient (Wildman–Crippen LogP) is 3.66. The zero-order chi connectivity index (χ0) is 14.7. The van der Waals surface area contributed by atoms with Crippen molar-refractivity contribution in [2.75, 3.05) is 5.32 Å². The minimum absolute atomic E-state index is 0.222. The number of anilines is 1. The number of halogens is 1. The molecule has 104 valence electrons. The van der Waals surface area contributed by atoms with Crippen molar-refractivity contribution in [3.63, 3.8) is 0 Å². The van der Waals surface area contributed by atoms with Gasteiger partial charge in [0.1, 0.15) is 11.4 Å². The van der Waals surface area contributed by atoms with Crippen LogP contribution in [-0.2, 0) is 0 Å². The van der Waals surface area contributed by atoms with Crippen LogP contribution in [0.2, 0.25) is 0 Å². The van der Waals surface area contributed by atoms with Crippen LogP contribution in [0.4, 0.5) is 5.13 Å². The lowest BCUT2D eigenvalue weighted by atomic mass is 10.1. The number of amides is 1. The molecule has 1 amide bonds. The maximum Gasteiger partial charge on any atom is 0.257 e. The fourth-order valence-electron chi connectivity index (χ4n) is 1.50. The Balaban J connectivity index is 2.15. The van der Waals surface area contributed by atoms with Crippen LogP contribution in [0.25, 0.3) is 0 Å². The predicted molar refractivity (Wildman–Crippen MR) is 82.9 cm³/mol. The van der Waals surface area contributed by atoms with E-state index >= 15 is 0 Å². The van der Waals surface area contributed by atoms with Crippen LogP contribution >= 0.6 is 27.3 Å². The number of nitrogens with one attached hydrogen (secondary N) is 1. The van der Waals surface area contributed by atoms with E-state index in [-0.39, 0.29) is 5.91 Å². The maximum atomic E-state index is 12.1. The van der Waals surface area contributed by atoms with Gasteiger partial charge in [0.15, 0.2) is 5.13 Å². The van der Waals surface area contributed by atoms with Crippen molar-refractivity contribution in [2.24, 2.45) is 5.16 Å². The van der Waals surface area contributed by atoms with E-state index in [1.165, 1.54) is 11.3 Å². The summed E-state index contributed by atoms with van der Waals surface area (Å²) < 4.78 is 0.959. The topological polar surface area (TPSA) is 74.6 Å². The number of nitrogens with zero attached hydrogens (tertiary/aromatic N) is 2. The lowest BCUT2D eigenvalue weighted by molar-refractivity contribution is 0.102. The highest BCUT2D eigenvalue weighted by Crippen LogP contribution is 2.20. The van der Waals surface area contributed by atoms with E-state index in [4.69, 9.17) is 5.21 Å². The Bertz CT molecular complexity index is 682. The number of benzene rings is 1. The lowest BCUT2D eigenvalue weighted by Gasteiger charge is -2.04. The van der Waals surface area contributed by atoms with Gasteiger partial charge in [0.05, 0.1) is 0 Å². The molecule has 2 rings (SSSR count). The van der Waals surface area contributed by atoms with Crippen LogP contribution in [0, 0.1) is 6.92 Å². The minimum Gasteiger partial charge on any atom is -0.411 e. The fraction of sp³-hybridized carbons (Fsp3) is 0.154. The van der Waals surface area contributed by atoms with Gasteiger partial charge in [0, 0.05) is 15.4 Å². The number of hydrogen-bond donors (Lipinski definition) is 2.